The smallest absolute Gasteiger partial charge is 0.365 e. The molecule has 0 aliphatic carbocycles. The first-order valence-electron chi connectivity index (χ1n) is 9.52. The molecule has 0 fully saturated rings. The average molecular weight is 495 g/mol. The van der Waals surface area contributed by atoms with E-state index in [4.69, 9.17) is 5.73 Å². The largest absolute Gasteiger partial charge is 0.433 e. The summed E-state index contributed by atoms with van der Waals surface area (Å²) in [5.41, 5.74) is 4.93. The predicted molar refractivity (Wildman–Crippen MR) is 115 cm³/mol. The maximum absolute atomic E-state index is 13.5. The third-order valence-electron chi connectivity index (χ3n) is 4.82. The van der Waals surface area contributed by atoms with Crippen molar-refractivity contribution in [3.8, 4) is 11.1 Å². The van der Waals surface area contributed by atoms with Crippen molar-refractivity contribution in [1.29, 1.82) is 0 Å². The molecule has 1 aromatic carbocycles. The molecule has 4 aromatic rings. The number of alkyl halides is 5. The zero-order valence-electron chi connectivity index (χ0n) is 17.2. The monoisotopic (exact) mass is 495 g/mol. The molecule has 4 rings (SSSR count). The molecule has 3 heterocycles. The second kappa shape index (κ2) is 8.48. The highest BCUT2D eigenvalue weighted by Gasteiger charge is 2.35. The Kier molecular flexibility index (Phi) is 5.81. The molecule has 0 saturated carbocycles. The number of pyridine rings is 1. The first-order chi connectivity index (χ1) is 16.0. The number of benzene rings is 1. The third kappa shape index (κ3) is 4.33. The summed E-state index contributed by atoms with van der Waals surface area (Å²) in [4.78, 5) is 28.0. The van der Waals surface area contributed by atoms with E-state index in [0.29, 0.717) is 16.9 Å². The number of fused-ring (bicyclic) bond motifs is 1. The van der Waals surface area contributed by atoms with Gasteiger partial charge in [0.05, 0.1) is 5.69 Å². The van der Waals surface area contributed by atoms with Gasteiger partial charge < -0.3 is 11.1 Å². The number of nitrogens with zero attached hydrogens (tertiary/aromatic N) is 3. The zero-order chi connectivity index (χ0) is 24.8. The number of carbonyl (C=O) groups excluding carboxylic acids is 2. The van der Waals surface area contributed by atoms with Gasteiger partial charge in [0.25, 0.3) is 11.8 Å². The van der Waals surface area contributed by atoms with Crippen LogP contribution in [0.25, 0.3) is 21.3 Å². The van der Waals surface area contributed by atoms with Gasteiger partial charge in [-0.15, -0.1) is 11.3 Å². The van der Waals surface area contributed by atoms with E-state index in [-0.39, 0.29) is 31.0 Å². The highest BCUT2D eigenvalue weighted by atomic mass is 32.1. The Hall–Kier alpha value is -3.87. The summed E-state index contributed by atoms with van der Waals surface area (Å²) in [5.74, 6) is -1.98. The van der Waals surface area contributed by atoms with Gasteiger partial charge in [-0.3, -0.25) is 9.59 Å². The molecule has 34 heavy (non-hydrogen) atoms. The van der Waals surface area contributed by atoms with Crippen LogP contribution < -0.4 is 11.1 Å². The maximum Gasteiger partial charge on any atom is 0.433 e. The summed E-state index contributed by atoms with van der Waals surface area (Å²) < 4.78 is 66.5. The Morgan fingerprint density at radius 3 is 2.38 bits per heavy atom. The van der Waals surface area contributed by atoms with Crippen LogP contribution in [-0.2, 0) is 6.18 Å². The van der Waals surface area contributed by atoms with Crippen LogP contribution in [0.5, 0.6) is 0 Å². The second-order valence-corrected chi connectivity index (χ2v) is 8.18. The second-order valence-electron chi connectivity index (χ2n) is 7.18. The Morgan fingerprint density at radius 1 is 1.15 bits per heavy atom. The lowest BCUT2D eigenvalue weighted by molar-refractivity contribution is -0.140. The van der Waals surface area contributed by atoms with Crippen molar-refractivity contribution in [1.82, 2.24) is 14.8 Å². The number of carbonyl (C=O) groups is 2. The van der Waals surface area contributed by atoms with Gasteiger partial charge >= 0.3 is 12.7 Å². The van der Waals surface area contributed by atoms with Crippen molar-refractivity contribution in [2.45, 2.75) is 19.6 Å². The quantitative estimate of drug-likeness (QED) is 0.370. The fraction of sp³-hybridized carbons (Fsp3) is 0.143. The fourth-order valence-corrected chi connectivity index (χ4v) is 4.25. The molecule has 0 spiro atoms. The fourth-order valence-electron chi connectivity index (χ4n) is 3.24. The van der Waals surface area contributed by atoms with Crippen LogP contribution in [0.1, 0.15) is 38.0 Å². The Labute approximate surface area is 192 Å². The number of thiophene rings is 1. The van der Waals surface area contributed by atoms with Crippen LogP contribution in [0.4, 0.5) is 27.6 Å². The first-order valence-corrected chi connectivity index (χ1v) is 10.3. The minimum Gasteiger partial charge on any atom is -0.365 e. The maximum atomic E-state index is 13.5. The number of primary amides is 1. The number of hydrogen-bond donors (Lipinski definition) is 2. The number of halogens is 5. The van der Waals surface area contributed by atoms with E-state index in [1.54, 1.807) is 31.2 Å². The van der Waals surface area contributed by atoms with Gasteiger partial charge in [0.15, 0.2) is 5.69 Å². The molecule has 0 radical (unpaired) electrons. The predicted octanol–water partition coefficient (Wildman–Crippen LogP) is 5.23. The van der Waals surface area contributed by atoms with Crippen LogP contribution in [0.2, 0.25) is 0 Å². The molecular formula is C21H14F5N5O2S. The number of aromatic nitrogens is 3. The molecule has 7 nitrogen and oxygen atoms in total. The molecule has 0 unspecified atom stereocenters. The molecule has 0 bridgehead atoms. The van der Waals surface area contributed by atoms with E-state index in [0.717, 1.165) is 23.9 Å². The minimum absolute atomic E-state index is 0.0504. The molecule has 176 valence electrons. The van der Waals surface area contributed by atoms with E-state index < -0.39 is 35.9 Å². The van der Waals surface area contributed by atoms with E-state index >= 15 is 0 Å². The molecule has 3 N–H and O–H groups in total. The molecule has 0 saturated heterocycles. The van der Waals surface area contributed by atoms with Gasteiger partial charge in [-0.1, -0.05) is 29.8 Å². The third-order valence-corrected chi connectivity index (χ3v) is 5.92. The Bertz CT molecular complexity index is 1410. The van der Waals surface area contributed by atoms with Gasteiger partial charge in [0.2, 0.25) is 0 Å². The molecule has 3 aromatic heterocycles. The summed E-state index contributed by atoms with van der Waals surface area (Å²) in [7, 11) is 0. The number of hydrogen-bond acceptors (Lipinski definition) is 5. The standard InChI is InChI=1S/C21H14F5N5O2S/c1-9-2-4-10(5-3-9)11-8-13(21(24,25)26)28-19-14(11)15(16(34-19)17(27)32)29-18(33)12-6-7-31(30-12)20(22)23/h2-8,20H,1H3,(H2,27,32)(H,29,33). The van der Waals surface area contributed by atoms with Crippen LogP contribution in [0, 0.1) is 6.92 Å². The molecule has 13 heteroatoms. The first kappa shape index (κ1) is 23.3. The van der Waals surface area contributed by atoms with Crippen LogP contribution in [0.3, 0.4) is 0 Å². The topological polar surface area (TPSA) is 103 Å². The van der Waals surface area contributed by atoms with Crippen molar-refractivity contribution in [3.05, 3.63) is 64.4 Å². The zero-order valence-corrected chi connectivity index (χ0v) is 18.0. The van der Waals surface area contributed by atoms with Gasteiger partial charge in [-0.25, -0.2) is 9.67 Å². The summed E-state index contributed by atoms with van der Waals surface area (Å²) in [5, 5.41) is 5.90. The van der Waals surface area contributed by atoms with Gasteiger partial charge in [-0.05, 0) is 30.2 Å². The lowest BCUT2D eigenvalue weighted by atomic mass is 10.00. The number of nitrogens with two attached hydrogens (primary N) is 1. The van der Waals surface area contributed by atoms with E-state index in [9.17, 15) is 31.5 Å². The summed E-state index contributed by atoms with van der Waals surface area (Å²) >= 11 is 0.576. The number of nitrogens with one attached hydrogen (secondary N) is 1. The number of anilines is 1. The Morgan fingerprint density at radius 2 is 1.82 bits per heavy atom. The molecule has 0 aliphatic heterocycles. The van der Waals surface area contributed by atoms with Crippen molar-refractivity contribution in [2.24, 2.45) is 5.73 Å². The average Bonchev–Trinajstić information content (AvgIpc) is 3.39. The lowest BCUT2D eigenvalue weighted by Gasteiger charge is -2.12. The molecule has 0 atom stereocenters. The Balaban J connectivity index is 1.94. The normalized spacial score (nSPS) is 11.9. The van der Waals surface area contributed by atoms with Gasteiger partial charge in [-0.2, -0.15) is 27.1 Å². The van der Waals surface area contributed by atoms with Crippen LogP contribution in [0.15, 0.2) is 42.6 Å². The summed E-state index contributed by atoms with van der Waals surface area (Å²) in [6, 6.07) is 8.38. The van der Waals surface area contributed by atoms with Crippen molar-refractivity contribution in [2.75, 3.05) is 5.32 Å². The molecule has 2 amide bonds. The highest BCUT2D eigenvalue weighted by molar-refractivity contribution is 7.21. The van der Waals surface area contributed by atoms with Crippen molar-refractivity contribution >= 4 is 39.1 Å². The number of rotatable bonds is 5. The van der Waals surface area contributed by atoms with Gasteiger partial charge in [0.1, 0.15) is 15.4 Å². The van der Waals surface area contributed by atoms with Crippen LogP contribution >= 0.6 is 11.3 Å². The molecular weight excluding hydrogens is 481 g/mol. The van der Waals surface area contributed by atoms with Crippen molar-refractivity contribution in [3.63, 3.8) is 0 Å². The number of amides is 2. The lowest BCUT2D eigenvalue weighted by Crippen LogP contribution is -2.17. The highest BCUT2D eigenvalue weighted by Crippen LogP contribution is 2.43. The molecule has 0 aliphatic rings. The summed E-state index contributed by atoms with van der Waals surface area (Å²) in [6.45, 7) is -1.18. The van der Waals surface area contributed by atoms with E-state index in [1.807, 2.05) is 0 Å². The van der Waals surface area contributed by atoms with Crippen LogP contribution in [-0.4, -0.2) is 26.6 Å². The summed E-state index contributed by atoms with van der Waals surface area (Å²) in [6.07, 6.45) is -3.90. The van der Waals surface area contributed by atoms with Gasteiger partial charge in [0, 0.05) is 11.6 Å². The minimum atomic E-state index is -4.78. The van der Waals surface area contributed by atoms with E-state index in [1.165, 1.54) is 0 Å². The SMILES string of the molecule is Cc1ccc(-c2cc(C(F)(F)F)nc3sc(C(N)=O)c(NC(=O)c4ccn(C(F)F)n4)c23)cc1. The number of aryl methyl sites for hydroxylation is 1. The van der Waals surface area contributed by atoms with Crippen molar-refractivity contribution < 1.29 is 31.5 Å². The van der Waals surface area contributed by atoms with E-state index in [2.05, 4.69) is 15.4 Å².